The van der Waals surface area contributed by atoms with Gasteiger partial charge in [0, 0.05) is 69.1 Å². The summed E-state index contributed by atoms with van der Waals surface area (Å²) in [7, 11) is 1.86. The molecule has 7 rings (SSSR count). The highest BCUT2D eigenvalue weighted by Crippen LogP contribution is 2.33. The third kappa shape index (κ3) is 5.33. The van der Waals surface area contributed by atoms with E-state index in [-0.39, 0.29) is 12.1 Å². The molecule has 6 heterocycles. The zero-order chi connectivity index (χ0) is 31.8. The van der Waals surface area contributed by atoms with Gasteiger partial charge in [0.15, 0.2) is 0 Å². The zero-order valence-corrected chi connectivity index (χ0v) is 25.2. The van der Waals surface area contributed by atoms with Crippen LogP contribution in [0.5, 0.6) is 0 Å². The maximum Gasteiger partial charge on any atom is 0.407 e. The number of aldehydes is 1. The van der Waals surface area contributed by atoms with Gasteiger partial charge in [-0.05, 0) is 48.7 Å². The van der Waals surface area contributed by atoms with Gasteiger partial charge in [0.2, 0.25) is 0 Å². The summed E-state index contributed by atoms with van der Waals surface area (Å²) >= 11 is 0. The number of aromatic nitrogens is 6. The summed E-state index contributed by atoms with van der Waals surface area (Å²) in [5.41, 5.74) is 6.68. The second-order valence-electron chi connectivity index (χ2n) is 11.7. The Bertz CT molecular complexity index is 1960. The minimum atomic E-state index is -0.987. The third-order valence-corrected chi connectivity index (χ3v) is 8.93. The predicted octanol–water partition coefficient (Wildman–Crippen LogP) is 3.64. The molecule has 0 bridgehead atoms. The third-order valence-electron chi connectivity index (χ3n) is 8.93. The van der Waals surface area contributed by atoms with E-state index in [0.29, 0.717) is 48.7 Å². The Morgan fingerprint density at radius 2 is 2.02 bits per heavy atom. The molecule has 13 nitrogen and oxygen atoms in total. The van der Waals surface area contributed by atoms with Crippen molar-refractivity contribution < 1.29 is 14.7 Å². The van der Waals surface area contributed by atoms with Crippen LogP contribution in [0.15, 0.2) is 67.3 Å². The van der Waals surface area contributed by atoms with Crippen LogP contribution < -0.4 is 10.2 Å². The number of carboxylic acid groups (broad SMARTS) is 1. The van der Waals surface area contributed by atoms with Gasteiger partial charge in [-0.25, -0.2) is 14.3 Å². The predicted molar refractivity (Wildman–Crippen MR) is 169 cm³/mol. The maximum absolute atomic E-state index is 12.1. The number of anilines is 1. The fourth-order valence-electron chi connectivity index (χ4n) is 6.65. The summed E-state index contributed by atoms with van der Waals surface area (Å²) in [5.74, 6) is -0.511. The molecule has 2 saturated heterocycles. The Morgan fingerprint density at radius 1 is 1.17 bits per heavy atom. The number of hydrogen-bond acceptors (Lipinski definition) is 9. The van der Waals surface area contributed by atoms with Crippen molar-refractivity contribution in [1.82, 2.24) is 39.6 Å². The summed E-state index contributed by atoms with van der Waals surface area (Å²) in [4.78, 5) is 37.0. The molecule has 13 heteroatoms. The number of benzene rings is 1. The van der Waals surface area contributed by atoms with Crippen molar-refractivity contribution in [3.8, 4) is 28.7 Å². The lowest BCUT2D eigenvalue weighted by Crippen LogP contribution is -2.46. The molecule has 0 aliphatic carbocycles. The lowest BCUT2D eigenvalue weighted by molar-refractivity contribution is -0.110. The molecule has 2 aliphatic heterocycles. The molecular weight excluding hydrogens is 584 g/mol. The molecule has 2 aliphatic rings. The molecule has 2 fully saturated rings. The lowest BCUT2D eigenvalue weighted by atomic mass is 9.91. The molecule has 1 amide bonds. The van der Waals surface area contributed by atoms with Crippen LogP contribution in [0.2, 0.25) is 0 Å². The summed E-state index contributed by atoms with van der Waals surface area (Å²) in [6.45, 7) is 2.45. The molecule has 3 atom stereocenters. The number of fused-ring (bicyclic) bond motifs is 1. The van der Waals surface area contributed by atoms with Gasteiger partial charge in [-0.3, -0.25) is 9.67 Å². The summed E-state index contributed by atoms with van der Waals surface area (Å²) < 4.78 is 3.50. The van der Waals surface area contributed by atoms with E-state index in [9.17, 15) is 20.0 Å². The first-order chi connectivity index (χ1) is 22.4. The highest BCUT2D eigenvalue weighted by molar-refractivity contribution is 5.78. The fraction of sp³-hybridized carbons (Fsp3) is 0.303. The summed E-state index contributed by atoms with van der Waals surface area (Å²) in [5, 5.41) is 32.1. The molecular formula is C33H32N10O3. The van der Waals surface area contributed by atoms with Crippen molar-refractivity contribution in [3.63, 3.8) is 0 Å². The largest absolute Gasteiger partial charge is 0.465 e. The number of piperazine rings is 1. The van der Waals surface area contributed by atoms with Gasteiger partial charge in [0.05, 0.1) is 46.3 Å². The zero-order valence-electron chi connectivity index (χ0n) is 25.2. The van der Waals surface area contributed by atoms with E-state index in [1.54, 1.807) is 33.9 Å². The Kier molecular flexibility index (Phi) is 7.63. The SMILES string of the molecule is Cn1cc(-c2cc3c(-c4ccc(C#N)c(C5CN(c6ccc(C(C=O)[C@@H]7CCCN7C(=O)O)cc6)CCN5)n4)nccn3n2)cn1. The number of nitrogens with zero attached hydrogens (tertiary/aromatic N) is 9. The summed E-state index contributed by atoms with van der Waals surface area (Å²) in [6.07, 6.45) is 8.45. The number of hydrogen-bond donors (Lipinski definition) is 2. The Hall–Kier alpha value is -5.61. The molecule has 46 heavy (non-hydrogen) atoms. The minimum Gasteiger partial charge on any atom is -0.465 e. The average molecular weight is 617 g/mol. The smallest absolute Gasteiger partial charge is 0.407 e. The normalized spacial score (nSPS) is 18.9. The quantitative estimate of drug-likeness (QED) is 0.259. The average Bonchev–Trinajstić information content (AvgIpc) is 3.85. The first kappa shape index (κ1) is 29.1. The van der Waals surface area contributed by atoms with E-state index in [2.05, 4.69) is 26.4 Å². The van der Waals surface area contributed by atoms with Crippen molar-refractivity contribution in [1.29, 1.82) is 5.26 Å². The fourth-order valence-corrected chi connectivity index (χ4v) is 6.65. The van der Waals surface area contributed by atoms with Crippen molar-refractivity contribution in [2.45, 2.75) is 30.8 Å². The number of amides is 1. The highest BCUT2D eigenvalue weighted by Gasteiger charge is 2.35. The second kappa shape index (κ2) is 12.1. The minimum absolute atomic E-state index is 0.219. The van der Waals surface area contributed by atoms with Crippen LogP contribution in [-0.2, 0) is 11.8 Å². The van der Waals surface area contributed by atoms with Gasteiger partial charge in [-0.2, -0.15) is 15.5 Å². The number of likely N-dealkylation sites (tertiary alicyclic amines) is 1. The van der Waals surface area contributed by atoms with Crippen LogP contribution in [0.25, 0.3) is 28.2 Å². The number of nitrogens with one attached hydrogen (secondary N) is 1. The molecule has 2 N–H and O–H groups in total. The van der Waals surface area contributed by atoms with Crippen LogP contribution in [-0.4, -0.2) is 84.0 Å². The van der Waals surface area contributed by atoms with E-state index in [0.717, 1.165) is 47.3 Å². The van der Waals surface area contributed by atoms with E-state index >= 15 is 0 Å². The van der Waals surface area contributed by atoms with Crippen LogP contribution in [0.4, 0.5) is 10.5 Å². The summed E-state index contributed by atoms with van der Waals surface area (Å²) in [6, 6.07) is 15.1. The van der Waals surface area contributed by atoms with E-state index in [1.807, 2.05) is 49.6 Å². The van der Waals surface area contributed by atoms with Gasteiger partial charge in [-0.1, -0.05) is 12.1 Å². The number of rotatable bonds is 7. The first-order valence-electron chi connectivity index (χ1n) is 15.2. The van der Waals surface area contributed by atoms with Gasteiger partial charge < -0.3 is 25.0 Å². The van der Waals surface area contributed by atoms with Crippen LogP contribution in [0, 0.1) is 11.3 Å². The standard InChI is InChI=1S/C33H32N10O3/c1-40-18-23(17-37-40)27-15-30-32(36-11-14-43(30)39-27)26-9-6-22(16-34)31(38-26)28-19-41(13-10-35-28)24-7-4-21(5-8-24)25(20-44)29-3-2-12-42(29)33(45)46/h4-9,11,14-15,17-18,20,25,28-29,35H,2-3,10,12-13,19H2,1H3,(H,45,46)/t25?,28?,29-/m0/s1. The molecule has 232 valence electrons. The monoisotopic (exact) mass is 616 g/mol. The van der Waals surface area contributed by atoms with Crippen molar-refractivity contribution in [3.05, 3.63) is 84.1 Å². The molecule has 0 saturated carbocycles. The number of aryl methyl sites for hydroxylation is 1. The van der Waals surface area contributed by atoms with Gasteiger partial charge in [0.1, 0.15) is 18.0 Å². The van der Waals surface area contributed by atoms with Gasteiger partial charge in [-0.15, -0.1) is 0 Å². The van der Waals surface area contributed by atoms with Crippen LogP contribution in [0.3, 0.4) is 0 Å². The number of nitriles is 1. The number of carbonyl (C=O) groups is 2. The van der Waals surface area contributed by atoms with E-state index in [1.165, 1.54) is 4.90 Å². The van der Waals surface area contributed by atoms with Crippen LogP contribution >= 0.6 is 0 Å². The number of pyridine rings is 1. The maximum atomic E-state index is 12.1. The highest BCUT2D eigenvalue weighted by atomic mass is 16.4. The molecule has 4 aromatic heterocycles. The van der Waals surface area contributed by atoms with Crippen LogP contribution in [0.1, 0.15) is 41.6 Å². The Balaban J connectivity index is 1.15. The molecule has 0 radical (unpaired) electrons. The molecule has 5 aromatic rings. The Morgan fingerprint density at radius 3 is 2.76 bits per heavy atom. The van der Waals surface area contributed by atoms with E-state index in [4.69, 9.17) is 10.1 Å². The van der Waals surface area contributed by atoms with Gasteiger partial charge >= 0.3 is 6.09 Å². The van der Waals surface area contributed by atoms with Crippen molar-refractivity contribution in [2.75, 3.05) is 31.1 Å². The molecule has 2 unspecified atom stereocenters. The van der Waals surface area contributed by atoms with Crippen molar-refractivity contribution >= 4 is 23.6 Å². The molecule has 1 aromatic carbocycles. The molecule has 0 spiro atoms. The first-order valence-corrected chi connectivity index (χ1v) is 15.2. The number of carbonyl (C=O) groups excluding carboxylic acids is 1. The van der Waals surface area contributed by atoms with Gasteiger partial charge in [0.25, 0.3) is 0 Å². The Labute approximate surface area is 264 Å². The van der Waals surface area contributed by atoms with Crippen molar-refractivity contribution in [2.24, 2.45) is 7.05 Å². The second-order valence-corrected chi connectivity index (χ2v) is 11.7. The topological polar surface area (TPSA) is 158 Å². The van der Waals surface area contributed by atoms with E-state index < -0.39 is 12.0 Å². The lowest BCUT2D eigenvalue weighted by Gasteiger charge is -2.35.